The van der Waals surface area contributed by atoms with Gasteiger partial charge in [-0.3, -0.25) is 0 Å². The van der Waals surface area contributed by atoms with E-state index in [1.165, 1.54) is 49.3 Å². The monoisotopic (exact) mass is 807 g/mol. The van der Waals surface area contributed by atoms with Gasteiger partial charge in [-0.15, -0.1) is 0 Å². The third kappa shape index (κ3) is 5.96. The van der Waals surface area contributed by atoms with E-state index in [2.05, 4.69) is 175 Å². The first kappa shape index (κ1) is 36.7. The lowest BCUT2D eigenvalue weighted by molar-refractivity contribution is 0.666. The highest BCUT2D eigenvalue weighted by Crippen LogP contribution is 2.52. The summed E-state index contributed by atoms with van der Waals surface area (Å²) in [5, 5.41) is 4.90. The van der Waals surface area contributed by atoms with Crippen LogP contribution in [0.5, 0.6) is 0 Å². The summed E-state index contributed by atoms with van der Waals surface area (Å²) < 4.78 is 2.45. The molecule has 5 heteroatoms. The van der Waals surface area contributed by atoms with Crippen LogP contribution in [-0.2, 0) is 5.41 Å². The van der Waals surface area contributed by atoms with Crippen molar-refractivity contribution in [3.05, 3.63) is 223 Å². The second kappa shape index (κ2) is 14.5. The van der Waals surface area contributed by atoms with Crippen molar-refractivity contribution in [2.75, 3.05) is 4.90 Å². The lowest BCUT2D eigenvalue weighted by Crippen LogP contribution is -2.15. The Kier molecular flexibility index (Phi) is 8.44. The number of hydrogen-bond donors (Lipinski definition) is 0. The first-order chi connectivity index (χ1) is 31.0. The lowest BCUT2D eigenvalue weighted by atomic mass is 9.80. The highest BCUT2D eigenvalue weighted by Gasteiger charge is 2.37. The minimum absolute atomic E-state index is 0.154. The molecule has 0 saturated carbocycles. The number of hydrogen-bond acceptors (Lipinski definition) is 4. The minimum Gasteiger partial charge on any atom is -0.310 e. The van der Waals surface area contributed by atoms with Crippen LogP contribution in [0.1, 0.15) is 25.0 Å². The van der Waals surface area contributed by atoms with E-state index in [1.54, 1.807) is 0 Å². The molecular weight excluding hydrogens is 767 g/mol. The van der Waals surface area contributed by atoms with Crippen LogP contribution in [0.3, 0.4) is 0 Å². The number of anilines is 3. The van der Waals surface area contributed by atoms with Crippen molar-refractivity contribution in [1.82, 2.24) is 19.5 Å². The maximum absolute atomic E-state index is 5.04. The van der Waals surface area contributed by atoms with E-state index < -0.39 is 0 Å². The summed E-state index contributed by atoms with van der Waals surface area (Å²) in [7, 11) is 0. The Balaban J connectivity index is 1.08. The van der Waals surface area contributed by atoms with Crippen LogP contribution in [0.25, 0.3) is 83.6 Å². The molecular formula is C58H41N5. The van der Waals surface area contributed by atoms with Gasteiger partial charge >= 0.3 is 0 Å². The first-order valence-corrected chi connectivity index (χ1v) is 21.5. The molecule has 0 amide bonds. The lowest BCUT2D eigenvalue weighted by Gasteiger charge is -2.25. The number of para-hydroxylation sites is 2. The van der Waals surface area contributed by atoms with Crippen LogP contribution >= 0.6 is 0 Å². The molecule has 0 atom stereocenters. The van der Waals surface area contributed by atoms with Crippen molar-refractivity contribution >= 4 is 49.6 Å². The average Bonchev–Trinajstić information content (AvgIpc) is 3.81. The van der Waals surface area contributed by atoms with E-state index in [0.29, 0.717) is 17.5 Å². The minimum atomic E-state index is -0.154. The molecule has 298 valence electrons. The topological polar surface area (TPSA) is 46.8 Å². The normalized spacial score (nSPS) is 12.7. The van der Waals surface area contributed by atoms with Crippen molar-refractivity contribution in [2.45, 2.75) is 19.3 Å². The highest BCUT2D eigenvalue weighted by molar-refractivity contribution is 6.20. The van der Waals surface area contributed by atoms with Gasteiger partial charge in [0.2, 0.25) is 0 Å². The molecule has 0 unspecified atom stereocenters. The van der Waals surface area contributed by atoms with Crippen LogP contribution in [0, 0.1) is 0 Å². The van der Waals surface area contributed by atoms with Crippen LogP contribution < -0.4 is 4.90 Å². The molecule has 5 nitrogen and oxygen atoms in total. The van der Waals surface area contributed by atoms with E-state index in [9.17, 15) is 0 Å². The molecule has 0 N–H and O–H groups in total. The second-order valence-corrected chi connectivity index (χ2v) is 16.8. The fourth-order valence-electron chi connectivity index (χ4n) is 9.90. The fraction of sp³-hybridized carbons (Fsp3) is 0.0517. The number of nitrogens with zero attached hydrogens (tertiary/aromatic N) is 5. The smallest absolute Gasteiger partial charge is 0.164 e. The molecule has 11 aromatic rings. The molecule has 2 aromatic heterocycles. The molecule has 63 heavy (non-hydrogen) atoms. The van der Waals surface area contributed by atoms with Crippen LogP contribution in [0.4, 0.5) is 17.1 Å². The fourth-order valence-corrected chi connectivity index (χ4v) is 9.90. The van der Waals surface area contributed by atoms with Crippen molar-refractivity contribution in [2.24, 2.45) is 0 Å². The Bertz CT molecular complexity index is 3410. The molecule has 0 fully saturated rings. The van der Waals surface area contributed by atoms with Crippen molar-refractivity contribution < 1.29 is 0 Å². The molecule has 2 heterocycles. The van der Waals surface area contributed by atoms with Crippen molar-refractivity contribution in [1.29, 1.82) is 0 Å². The molecule has 1 aliphatic rings. The molecule has 0 saturated heterocycles. The summed E-state index contributed by atoms with van der Waals surface area (Å²) in [4.78, 5) is 17.3. The Morgan fingerprint density at radius 1 is 0.397 bits per heavy atom. The molecule has 12 rings (SSSR count). The summed E-state index contributed by atoms with van der Waals surface area (Å²) in [6.07, 6.45) is 0. The zero-order valence-corrected chi connectivity index (χ0v) is 34.9. The standard InChI is InChI=1S/C58H41N5/c1-58(2)51-26-16-15-25-45(51)46-32-34-48-47(53(46)58)33-35-49-50-37-44(62(41-21-11-5-12-22-41)42-23-13-6-14-24-42)31-36-52(50)63(54(48)49)43-29-27-40(28-30-43)57-60-55(38-17-7-3-8-18-38)59-56(61-57)39-19-9-4-10-20-39/h3-37H,1-2H3. The van der Waals surface area contributed by atoms with Gasteiger partial charge in [0.1, 0.15) is 0 Å². The van der Waals surface area contributed by atoms with E-state index >= 15 is 0 Å². The molecule has 0 spiro atoms. The number of fused-ring (bicyclic) bond motifs is 9. The summed E-state index contributed by atoms with van der Waals surface area (Å²) in [5.41, 5.74) is 14.7. The molecule has 9 aromatic carbocycles. The third-order valence-corrected chi connectivity index (χ3v) is 12.8. The van der Waals surface area contributed by atoms with Crippen LogP contribution in [0.2, 0.25) is 0 Å². The van der Waals surface area contributed by atoms with E-state index in [-0.39, 0.29) is 5.41 Å². The molecule has 0 radical (unpaired) electrons. The maximum Gasteiger partial charge on any atom is 0.164 e. The number of rotatable bonds is 7. The zero-order chi connectivity index (χ0) is 42.1. The summed E-state index contributed by atoms with van der Waals surface area (Å²) >= 11 is 0. The largest absolute Gasteiger partial charge is 0.310 e. The van der Waals surface area contributed by atoms with E-state index in [4.69, 9.17) is 15.0 Å². The van der Waals surface area contributed by atoms with Crippen LogP contribution in [-0.4, -0.2) is 19.5 Å². The van der Waals surface area contributed by atoms with E-state index in [1.807, 2.05) is 60.7 Å². The van der Waals surface area contributed by atoms with Crippen molar-refractivity contribution in [3.8, 4) is 51.0 Å². The van der Waals surface area contributed by atoms with Gasteiger partial charge in [0.15, 0.2) is 17.5 Å². The predicted molar refractivity (Wildman–Crippen MR) is 260 cm³/mol. The Morgan fingerprint density at radius 2 is 0.889 bits per heavy atom. The van der Waals surface area contributed by atoms with Gasteiger partial charge in [-0.2, -0.15) is 0 Å². The third-order valence-electron chi connectivity index (χ3n) is 12.8. The Morgan fingerprint density at radius 3 is 1.49 bits per heavy atom. The molecule has 0 bridgehead atoms. The van der Waals surface area contributed by atoms with Gasteiger partial charge in [-0.05, 0) is 94.4 Å². The Labute approximate surface area is 366 Å². The van der Waals surface area contributed by atoms with E-state index in [0.717, 1.165) is 45.0 Å². The second-order valence-electron chi connectivity index (χ2n) is 16.8. The molecule has 1 aliphatic carbocycles. The van der Waals surface area contributed by atoms with Gasteiger partial charge < -0.3 is 9.47 Å². The summed E-state index contributed by atoms with van der Waals surface area (Å²) in [5.74, 6) is 1.92. The predicted octanol–water partition coefficient (Wildman–Crippen LogP) is 14.9. The van der Waals surface area contributed by atoms with Gasteiger partial charge in [-0.25, -0.2) is 15.0 Å². The SMILES string of the molecule is CC1(C)c2ccccc2-c2ccc3c(ccc4c5cc(N(c6ccccc6)c6ccccc6)ccc5n(-c5ccc(-c6nc(-c7ccccc7)nc(-c7ccccc7)n6)cc5)c34)c21. The maximum atomic E-state index is 5.04. The number of aromatic nitrogens is 4. The highest BCUT2D eigenvalue weighted by atomic mass is 15.1. The van der Waals surface area contributed by atoms with Crippen molar-refractivity contribution in [3.63, 3.8) is 0 Å². The zero-order valence-electron chi connectivity index (χ0n) is 34.9. The quantitative estimate of drug-likeness (QED) is 0.161. The average molecular weight is 808 g/mol. The van der Waals surface area contributed by atoms with Gasteiger partial charge in [0.25, 0.3) is 0 Å². The van der Waals surface area contributed by atoms with Gasteiger partial charge in [-0.1, -0.05) is 159 Å². The summed E-state index contributed by atoms with van der Waals surface area (Å²) in [6.45, 7) is 4.74. The first-order valence-electron chi connectivity index (χ1n) is 21.5. The van der Waals surface area contributed by atoms with Crippen LogP contribution in [0.15, 0.2) is 212 Å². The van der Waals surface area contributed by atoms with Gasteiger partial charge in [0.05, 0.1) is 11.0 Å². The summed E-state index contributed by atoms with van der Waals surface area (Å²) in [6, 6.07) is 75.5. The Hall–Kier alpha value is -8.15. The molecule has 0 aliphatic heterocycles. The van der Waals surface area contributed by atoms with Gasteiger partial charge in [0, 0.05) is 61.0 Å². The number of benzene rings is 9.